The van der Waals surface area contributed by atoms with E-state index in [2.05, 4.69) is 11.4 Å². The number of nitrogens with one attached hydrogen (secondary N) is 1. The third-order valence-corrected chi connectivity index (χ3v) is 3.40. The maximum Gasteiger partial charge on any atom is 0.231 e. The molecule has 0 bridgehead atoms. The first-order chi connectivity index (χ1) is 7.88. The average Bonchev–Trinajstić information content (AvgIpc) is 2.96. The van der Waals surface area contributed by atoms with Gasteiger partial charge in [0.15, 0.2) is 11.5 Å². The van der Waals surface area contributed by atoms with E-state index in [1.165, 1.54) is 5.56 Å². The molecule has 1 fully saturated rings. The van der Waals surface area contributed by atoms with E-state index in [4.69, 9.17) is 9.47 Å². The number of fused-ring (bicyclic) bond motifs is 1. The predicted molar refractivity (Wildman–Crippen MR) is 58.8 cm³/mol. The van der Waals surface area contributed by atoms with Crippen LogP contribution in [-0.2, 0) is 0 Å². The molecular formula is C12H15NO3. The third-order valence-electron chi connectivity index (χ3n) is 3.40. The predicted octanol–water partition coefficient (Wildman–Crippen LogP) is 0.711. The Hall–Kier alpha value is -1.26. The van der Waals surface area contributed by atoms with Gasteiger partial charge in [0.1, 0.15) is 0 Å². The molecule has 16 heavy (non-hydrogen) atoms. The van der Waals surface area contributed by atoms with Crippen LogP contribution in [-0.4, -0.2) is 31.6 Å². The first-order valence-corrected chi connectivity index (χ1v) is 5.59. The molecule has 0 unspecified atom stereocenters. The number of aliphatic hydroxyl groups is 1. The Labute approximate surface area is 94.2 Å². The van der Waals surface area contributed by atoms with Gasteiger partial charge in [-0.2, -0.15) is 0 Å². The molecule has 2 heterocycles. The van der Waals surface area contributed by atoms with Crippen LogP contribution in [0.25, 0.3) is 0 Å². The summed E-state index contributed by atoms with van der Waals surface area (Å²) in [4.78, 5) is 0. The van der Waals surface area contributed by atoms with E-state index in [0.717, 1.165) is 24.6 Å². The molecule has 0 radical (unpaired) electrons. The van der Waals surface area contributed by atoms with E-state index < -0.39 is 0 Å². The Balaban J connectivity index is 1.89. The molecule has 1 aromatic rings. The molecular weight excluding hydrogens is 206 g/mol. The molecule has 2 atom stereocenters. The zero-order valence-corrected chi connectivity index (χ0v) is 8.98. The van der Waals surface area contributed by atoms with Crippen LogP contribution in [0.5, 0.6) is 11.5 Å². The van der Waals surface area contributed by atoms with Gasteiger partial charge in [0.2, 0.25) is 6.79 Å². The van der Waals surface area contributed by atoms with Crippen LogP contribution in [0, 0.1) is 5.92 Å². The molecule has 0 spiro atoms. The second-order valence-electron chi connectivity index (χ2n) is 4.32. The molecule has 0 aliphatic carbocycles. The first-order valence-electron chi connectivity index (χ1n) is 5.59. The largest absolute Gasteiger partial charge is 0.454 e. The highest BCUT2D eigenvalue weighted by atomic mass is 16.7. The average molecular weight is 221 g/mol. The minimum atomic E-state index is 0.228. The van der Waals surface area contributed by atoms with E-state index in [1.807, 2.05) is 12.1 Å². The van der Waals surface area contributed by atoms with E-state index in [1.54, 1.807) is 0 Å². The van der Waals surface area contributed by atoms with Crippen LogP contribution in [0.3, 0.4) is 0 Å². The monoisotopic (exact) mass is 221 g/mol. The summed E-state index contributed by atoms with van der Waals surface area (Å²) >= 11 is 0. The molecule has 0 aromatic heterocycles. The second kappa shape index (κ2) is 3.96. The molecule has 4 heteroatoms. The smallest absolute Gasteiger partial charge is 0.231 e. The summed E-state index contributed by atoms with van der Waals surface area (Å²) in [6.45, 7) is 2.34. The minimum absolute atomic E-state index is 0.228. The van der Waals surface area contributed by atoms with Crippen molar-refractivity contribution in [3.8, 4) is 11.5 Å². The van der Waals surface area contributed by atoms with Crippen LogP contribution >= 0.6 is 0 Å². The molecule has 2 aliphatic heterocycles. The van der Waals surface area contributed by atoms with Gasteiger partial charge in [0, 0.05) is 31.5 Å². The summed E-state index contributed by atoms with van der Waals surface area (Å²) < 4.78 is 10.6. The molecule has 2 N–H and O–H groups in total. The lowest BCUT2D eigenvalue weighted by atomic mass is 9.89. The number of benzene rings is 1. The SMILES string of the molecule is OC[C@H]1CNC[C@@H]1c1ccc2c(c1)OCO2. The summed E-state index contributed by atoms with van der Waals surface area (Å²) in [6, 6.07) is 6.04. The lowest BCUT2D eigenvalue weighted by molar-refractivity contribution is 0.174. The van der Waals surface area contributed by atoms with Crippen molar-refractivity contribution in [2.24, 2.45) is 5.92 Å². The molecule has 1 aromatic carbocycles. The number of rotatable bonds is 2. The number of hydrogen-bond acceptors (Lipinski definition) is 4. The maximum absolute atomic E-state index is 9.30. The fraction of sp³-hybridized carbons (Fsp3) is 0.500. The van der Waals surface area contributed by atoms with Gasteiger partial charge in [-0.1, -0.05) is 6.07 Å². The van der Waals surface area contributed by atoms with Crippen molar-refractivity contribution in [1.29, 1.82) is 0 Å². The van der Waals surface area contributed by atoms with Crippen LogP contribution in [0.1, 0.15) is 11.5 Å². The molecule has 3 rings (SSSR count). The first kappa shape index (κ1) is 9.93. The van der Waals surface area contributed by atoms with Crippen LogP contribution in [0.2, 0.25) is 0 Å². The summed E-state index contributed by atoms with van der Waals surface area (Å²) in [7, 11) is 0. The number of aliphatic hydroxyl groups excluding tert-OH is 1. The molecule has 4 nitrogen and oxygen atoms in total. The molecule has 0 saturated carbocycles. The Morgan fingerprint density at radius 1 is 1.25 bits per heavy atom. The standard InChI is InChI=1S/C12H15NO3/c14-6-9-4-13-5-10(9)8-1-2-11-12(3-8)16-7-15-11/h1-3,9-10,13-14H,4-7H2/t9-,10-/m1/s1. The minimum Gasteiger partial charge on any atom is -0.454 e. The van der Waals surface area contributed by atoms with E-state index in [9.17, 15) is 5.11 Å². The number of ether oxygens (including phenoxy) is 2. The topological polar surface area (TPSA) is 50.7 Å². The van der Waals surface area contributed by atoms with Gasteiger partial charge in [-0.25, -0.2) is 0 Å². The van der Waals surface area contributed by atoms with Crippen molar-refractivity contribution >= 4 is 0 Å². The Bertz CT molecular complexity index is 394. The highest BCUT2D eigenvalue weighted by Crippen LogP contribution is 2.37. The van der Waals surface area contributed by atoms with Crippen molar-refractivity contribution in [2.45, 2.75) is 5.92 Å². The number of hydrogen-bond donors (Lipinski definition) is 2. The second-order valence-corrected chi connectivity index (χ2v) is 4.32. The Kier molecular flexibility index (Phi) is 2.46. The fourth-order valence-corrected chi connectivity index (χ4v) is 2.46. The normalized spacial score (nSPS) is 27.3. The van der Waals surface area contributed by atoms with Crippen molar-refractivity contribution in [3.05, 3.63) is 23.8 Å². The van der Waals surface area contributed by atoms with Gasteiger partial charge >= 0.3 is 0 Å². The van der Waals surface area contributed by atoms with Gasteiger partial charge in [0.25, 0.3) is 0 Å². The van der Waals surface area contributed by atoms with E-state index >= 15 is 0 Å². The van der Waals surface area contributed by atoms with Crippen molar-refractivity contribution in [2.75, 3.05) is 26.5 Å². The van der Waals surface area contributed by atoms with Crippen LogP contribution < -0.4 is 14.8 Å². The summed E-state index contributed by atoms with van der Waals surface area (Å²) in [5.41, 5.74) is 1.22. The quantitative estimate of drug-likeness (QED) is 0.772. The van der Waals surface area contributed by atoms with Gasteiger partial charge in [-0.05, 0) is 17.7 Å². The van der Waals surface area contributed by atoms with Gasteiger partial charge in [-0.15, -0.1) is 0 Å². The van der Waals surface area contributed by atoms with Crippen LogP contribution in [0.4, 0.5) is 0 Å². The fourth-order valence-electron chi connectivity index (χ4n) is 2.46. The summed E-state index contributed by atoms with van der Waals surface area (Å²) in [5, 5.41) is 12.6. The van der Waals surface area contributed by atoms with E-state index in [-0.39, 0.29) is 6.61 Å². The van der Waals surface area contributed by atoms with Gasteiger partial charge < -0.3 is 19.9 Å². The Morgan fingerprint density at radius 2 is 2.12 bits per heavy atom. The molecule has 2 aliphatic rings. The molecule has 1 saturated heterocycles. The summed E-state index contributed by atoms with van der Waals surface area (Å²) in [6.07, 6.45) is 0. The van der Waals surface area contributed by atoms with Crippen molar-refractivity contribution < 1.29 is 14.6 Å². The third kappa shape index (κ3) is 1.54. The maximum atomic E-state index is 9.30. The zero-order valence-electron chi connectivity index (χ0n) is 8.98. The van der Waals surface area contributed by atoms with Crippen molar-refractivity contribution in [3.63, 3.8) is 0 Å². The molecule has 86 valence electrons. The van der Waals surface area contributed by atoms with Gasteiger partial charge in [0.05, 0.1) is 0 Å². The molecule has 0 amide bonds. The Morgan fingerprint density at radius 3 is 3.00 bits per heavy atom. The zero-order chi connectivity index (χ0) is 11.0. The van der Waals surface area contributed by atoms with Crippen molar-refractivity contribution in [1.82, 2.24) is 5.32 Å². The lowest BCUT2D eigenvalue weighted by Crippen LogP contribution is -2.14. The summed E-state index contributed by atoms with van der Waals surface area (Å²) in [5.74, 6) is 2.32. The van der Waals surface area contributed by atoms with Crippen LogP contribution in [0.15, 0.2) is 18.2 Å². The lowest BCUT2D eigenvalue weighted by Gasteiger charge is -2.16. The van der Waals surface area contributed by atoms with Gasteiger partial charge in [-0.3, -0.25) is 0 Å². The highest BCUT2D eigenvalue weighted by Gasteiger charge is 2.28. The van der Waals surface area contributed by atoms with E-state index in [0.29, 0.717) is 18.6 Å². The highest BCUT2D eigenvalue weighted by molar-refractivity contribution is 5.45.